The third-order valence-electron chi connectivity index (χ3n) is 3.97. The first-order valence-electron chi connectivity index (χ1n) is 6.89. The molecular formula is C15H25N3. The number of nitrogens with zero attached hydrogens (tertiary/aromatic N) is 2. The molecule has 1 aromatic rings. The Kier molecular flexibility index (Phi) is 4.61. The Labute approximate surface area is 111 Å². The summed E-state index contributed by atoms with van der Waals surface area (Å²) in [5.74, 6) is 0. The van der Waals surface area contributed by atoms with E-state index in [1.165, 1.54) is 12.1 Å². The number of para-hydroxylation sites is 1. The van der Waals surface area contributed by atoms with E-state index in [9.17, 15) is 0 Å². The molecule has 2 atom stereocenters. The van der Waals surface area contributed by atoms with Gasteiger partial charge in [-0.2, -0.15) is 0 Å². The molecule has 1 saturated heterocycles. The lowest BCUT2D eigenvalue weighted by atomic mass is 10.0. The van der Waals surface area contributed by atoms with Crippen LogP contribution in [-0.4, -0.2) is 50.7 Å². The van der Waals surface area contributed by atoms with Gasteiger partial charge in [0.05, 0.1) is 0 Å². The molecule has 2 unspecified atom stereocenters. The van der Waals surface area contributed by atoms with Crippen LogP contribution < -0.4 is 10.2 Å². The van der Waals surface area contributed by atoms with Crippen LogP contribution in [0, 0.1) is 0 Å². The minimum Gasteiger partial charge on any atom is -0.366 e. The van der Waals surface area contributed by atoms with Crippen LogP contribution in [0.5, 0.6) is 0 Å². The molecule has 1 aliphatic rings. The van der Waals surface area contributed by atoms with Crippen molar-refractivity contribution in [1.82, 2.24) is 10.2 Å². The summed E-state index contributed by atoms with van der Waals surface area (Å²) in [7, 11) is 4.27. The smallest absolute Gasteiger partial charge is 0.0429 e. The van der Waals surface area contributed by atoms with E-state index in [0.717, 1.165) is 19.6 Å². The summed E-state index contributed by atoms with van der Waals surface area (Å²) >= 11 is 0. The van der Waals surface area contributed by atoms with E-state index in [-0.39, 0.29) is 0 Å². The standard InChI is InChI=1S/C15H25N3/c1-13-11-18(14-7-5-4-6-8-14)15(9-10-16-2)12-17(13)3/h4-8,13,15-16H,9-12H2,1-3H3. The second kappa shape index (κ2) is 6.21. The molecule has 0 amide bonds. The Morgan fingerprint density at radius 3 is 2.61 bits per heavy atom. The summed E-state index contributed by atoms with van der Waals surface area (Å²) in [5, 5.41) is 3.27. The summed E-state index contributed by atoms with van der Waals surface area (Å²) in [6.45, 7) is 5.66. The Bertz CT molecular complexity index is 352. The molecule has 100 valence electrons. The Balaban J connectivity index is 2.13. The molecular weight excluding hydrogens is 222 g/mol. The highest BCUT2D eigenvalue weighted by Crippen LogP contribution is 2.23. The van der Waals surface area contributed by atoms with Crippen LogP contribution in [0.2, 0.25) is 0 Å². The van der Waals surface area contributed by atoms with Crippen molar-refractivity contribution in [3.63, 3.8) is 0 Å². The van der Waals surface area contributed by atoms with Gasteiger partial charge in [-0.25, -0.2) is 0 Å². The van der Waals surface area contributed by atoms with Gasteiger partial charge in [-0.05, 0) is 46.1 Å². The molecule has 1 aliphatic heterocycles. The van der Waals surface area contributed by atoms with E-state index in [4.69, 9.17) is 0 Å². The monoisotopic (exact) mass is 247 g/mol. The molecule has 3 heteroatoms. The van der Waals surface area contributed by atoms with Crippen molar-refractivity contribution in [2.45, 2.75) is 25.4 Å². The van der Waals surface area contributed by atoms with Crippen molar-refractivity contribution < 1.29 is 0 Å². The van der Waals surface area contributed by atoms with Gasteiger partial charge in [0, 0.05) is 30.9 Å². The third kappa shape index (κ3) is 3.03. The second-order valence-electron chi connectivity index (χ2n) is 5.32. The van der Waals surface area contributed by atoms with E-state index in [1.54, 1.807) is 0 Å². The molecule has 1 fully saturated rings. The average molecular weight is 247 g/mol. The van der Waals surface area contributed by atoms with Gasteiger partial charge >= 0.3 is 0 Å². The van der Waals surface area contributed by atoms with Gasteiger partial charge in [0.25, 0.3) is 0 Å². The van der Waals surface area contributed by atoms with Gasteiger partial charge in [-0.15, -0.1) is 0 Å². The maximum absolute atomic E-state index is 3.27. The van der Waals surface area contributed by atoms with Gasteiger partial charge in [0.1, 0.15) is 0 Å². The molecule has 18 heavy (non-hydrogen) atoms. The Hall–Kier alpha value is -1.06. The first-order valence-corrected chi connectivity index (χ1v) is 6.89. The number of nitrogens with one attached hydrogen (secondary N) is 1. The number of benzene rings is 1. The highest BCUT2D eigenvalue weighted by atomic mass is 15.3. The van der Waals surface area contributed by atoms with Crippen molar-refractivity contribution >= 4 is 5.69 Å². The summed E-state index contributed by atoms with van der Waals surface area (Å²) in [4.78, 5) is 5.04. The predicted octanol–water partition coefficient (Wildman–Crippen LogP) is 1.80. The van der Waals surface area contributed by atoms with Gasteiger partial charge in [0.15, 0.2) is 0 Å². The number of likely N-dealkylation sites (N-methyl/N-ethyl adjacent to an activating group) is 1. The fourth-order valence-electron chi connectivity index (χ4n) is 2.68. The molecule has 3 nitrogen and oxygen atoms in total. The largest absolute Gasteiger partial charge is 0.366 e. The third-order valence-corrected chi connectivity index (χ3v) is 3.97. The molecule has 1 aromatic carbocycles. The number of piperazine rings is 1. The molecule has 0 saturated carbocycles. The lowest BCUT2D eigenvalue weighted by Crippen LogP contribution is -2.56. The normalized spacial score (nSPS) is 25.4. The quantitative estimate of drug-likeness (QED) is 0.875. The number of anilines is 1. The highest BCUT2D eigenvalue weighted by molar-refractivity contribution is 5.48. The zero-order valence-electron chi connectivity index (χ0n) is 11.8. The Morgan fingerprint density at radius 1 is 1.22 bits per heavy atom. The highest BCUT2D eigenvalue weighted by Gasteiger charge is 2.29. The van der Waals surface area contributed by atoms with Gasteiger partial charge in [0.2, 0.25) is 0 Å². The molecule has 0 aromatic heterocycles. The summed E-state index contributed by atoms with van der Waals surface area (Å²) < 4.78 is 0. The molecule has 0 spiro atoms. The molecule has 2 rings (SSSR count). The topological polar surface area (TPSA) is 18.5 Å². The van der Waals surface area contributed by atoms with Gasteiger partial charge in [-0.3, -0.25) is 4.90 Å². The second-order valence-corrected chi connectivity index (χ2v) is 5.32. The molecule has 0 bridgehead atoms. The zero-order valence-corrected chi connectivity index (χ0v) is 11.8. The van der Waals surface area contributed by atoms with Crippen molar-refractivity contribution in [1.29, 1.82) is 0 Å². The first kappa shape index (κ1) is 13.4. The van der Waals surface area contributed by atoms with Crippen molar-refractivity contribution in [2.75, 3.05) is 38.6 Å². The summed E-state index contributed by atoms with van der Waals surface area (Å²) in [5.41, 5.74) is 1.36. The SMILES string of the molecule is CNCCC1CN(C)C(C)CN1c1ccccc1. The van der Waals surface area contributed by atoms with Crippen LogP contribution in [0.25, 0.3) is 0 Å². The lowest BCUT2D eigenvalue weighted by molar-refractivity contribution is 0.195. The van der Waals surface area contributed by atoms with Crippen LogP contribution in [0.3, 0.4) is 0 Å². The van der Waals surface area contributed by atoms with Crippen molar-refractivity contribution in [2.24, 2.45) is 0 Å². The predicted molar refractivity (Wildman–Crippen MR) is 78.2 cm³/mol. The van der Waals surface area contributed by atoms with Gasteiger partial charge in [-0.1, -0.05) is 18.2 Å². The zero-order chi connectivity index (χ0) is 13.0. The van der Waals surface area contributed by atoms with Crippen LogP contribution >= 0.6 is 0 Å². The lowest BCUT2D eigenvalue weighted by Gasteiger charge is -2.45. The van der Waals surface area contributed by atoms with Gasteiger partial charge < -0.3 is 10.2 Å². The van der Waals surface area contributed by atoms with Crippen molar-refractivity contribution in [3.8, 4) is 0 Å². The van der Waals surface area contributed by atoms with Crippen LogP contribution in [0.1, 0.15) is 13.3 Å². The summed E-state index contributed by atoms with van der Waals surface area (Å²) in [6, 6.07) is 12.0. The Morgan fingerprint density at radius 2 is 1.94 bits per heavy atom. The molecule has 1 heterocycles. The van der Waals surface area contributed by atoms with Crippen LogP contribution in [-0.2, 0) is 0 Å². The molecule has 0 radical (unpaired) electrons. The fourth-order valence-corrected chi connectivity index (χ4v) is 2.68. The number of rotatable bonds is 4. The molecule has 1 N–H and O–H groups in total. The number of hydrogen-bond donors (Lipinski definition) is 1. The van der Waals surface area contributed by atoms with E-state index < -0.39 is 0 Å². The number of hydrogen-bond acceptors (Lipinski definition) is 3. The maximum atomic E-state index is 3.27. The molecule has 0 aliphatic carbocycles. The van der Waals surface area contributed by atoms with Crippen LogP contribution in [0.15, 0.2) is 30.3 Å². The van der Waals surface area contributed by atoms with Crippen molar-refractivity contribution in [3.05, 3.63) is 30.3 Å². The van der Waals surface area contributed by atoms with E-state index >= 15 is 0 Å². The summed E-state index contributed by atoms with van der Waals surface area (Å²) in [6.07, 6.45) is 1.20. The minimum atomic E-state index is 0.612. The first-order chi connectivity index (χ1) is 8.72. The van der Waals surface area contributed by atoms with E-state index in [2.05, 4.69) is 59.4 Å². The van der Waals surface area contributed by atoms with Crippen LogP contribution in [0.4, 0.5) is 5.69 Å². The fraction of sp³-hybridized carbons (Fsp3) is 0.600. The van der Waals surface area contributed by atoms with E-state index in [0.29, 0.717) is 12.1 Å². The average Bonchev–Trinajstić information content (AvgIpc) is 2.40. The minimum absolute atomic E-state index is 0.612. The van der Waals surface area contributed by atoms with E-state index in [1.807, 2.05) is 7.05 Å². The maximum Gasteiger partial charge on any atom is 0.0429 e.